The molecule has 2 saturated heterocycles. The Morgan fingerprint density at radius 2 is 1.51 bits per heavy atom. The van der Waals surface area contributed by atoms with Crippen LogP contribution in [-0.4, -0.2) is 130 Å². The van der Waals surface area contributed by atoms with E-state index in [0.717, 1.165) is 24.0 Å². The Hall–Kier alpha value is -2.78. The monoisotopic (exact) mass is 832 g/mol. The van der Waals surface area contributed by atoms with Crippen molar-refractivity contribution >= 4 is 23.4 Å². The molecule has 14 atom stereocenters. The summed E-state index contributed by atoms with van der Waals surface area (Å²) in [5.41, 5.74) is 1.80. The molecule has 1 saturated carbocycles. The van der Waals surface area contributed by atoms with Gasteiger partial charge in [-0.3, -0.25) is 14.4 Å². The third kappa shape index (κ3) is 11.8. The van der Waals surface area contributed by atoms with Crippen LogP contribution in [0.3, 0.4) is 0 Å². The highest BCUT2D eigenvalue weighted by Crippen LogP contribution is 2.39. The molecule has 0 radical (unpaired) electrons. The summed E-state index contributed by atoms with van der Waals surface area (Å²) in [7, 11) is 8.02. The number of ether oxygens (including phenoxy) is 7. The molecule has 13 nitrogen and oxygen atoms in total. The number of fused-ring (bicyclic) bond motifs is 3. The zero-order valence-electron chi connectivity index (χ0n) is 37.3. The van der Waals surface area contributed by atoms with Crippen LogP contribution in [0.4, 0.5) is 0 Å². The Morgan fingerprint density at radius 1 is 0.864 bits per heavy atom. The van der Waals surface area contributed by atoms with Crippen LogP contribution in [0.15, 0.2) is 36.0 Å². The number of aliphatic hydroxyl groups is 1. The van der Waals surface area contributed by atoms with Crippen LogP contribution < -0.4 is 0 Å². The van der Waals surface area contributed by atoms with Crippen molar-refractivity contribution in [3.63, 3.8) is 0 Å². The number of Topliss-reactive ketones (excluding diaryl/α,β-unsaturated/α-hetero) is 2. The van der Waals surface area contributed by atoms with Gasteiger partial charge in [0.15, 0.2) is 0 Å². The molecule has 2 bridgehead atoms. The maximum absolute atomic E-state index is 14.5. The van der Waals surface area contributed by atoms with E-state index in [0.29, 0.717) is 38.5 Å². The molecule has 334 valence electrons. The molecular weight excluding hydrogens is 759 g/mol. The fourth-order valence-electron chi connectivity index (χ4n) is 9.96. The van der Waals surface area contributed by atoms with Crippen molar-refractivity contribution in [2.24, 2.45) is 29.6 Å². The van der Waals surface area contributed by atoms with Gasteiger partial charge >= 0.3 is 5.97 Å². The highest BCUT2D eigenvalue weighted by Gasteiger charge is 2.56. The lowest BCUT2D eigenvalue weighted by molar-refractivity contribution is -0.302. The van der Waals surface area contributed by atoms with Gasteiger partial charge in [0.2, 0.25) is 5.79 Å². The molecule has 1 N–H and O–H groups in total. The van der Waals surface area contributed by atoms with Gasteiger partial charge in [0.05, 0.1) is 30.5 Å². The van der Waals surface area contributed by atoms with E-state index < -0.39 is 77.8 Å². The van der Waals surface area contributed by atoms with Crippen molar-refractivity contribution in [2.45, 2.75) is 160 Å². The van der Waals surface area contributed by atoms with E-state index in [2.05, 4.69) is 19.6 Å². The number of nitrogens with zero attached hydrogens (tertiary/aromatic N) is 1. The fourth-order valence-corrected chi connectivity index (χ4v) is 9.96. The zero-order chi connectivity index (χ0) is 43.6. The van der Waals surface area contributed by atoms with Gasteiger partial charge in [-0.25, -0.2) is 4.79 Å². The van der Waals surface area contributed by atoms with Gasteiger partial charge in [-0.1, -0.05) is 44.6 Å². The standard InChI is InChI=1S/C46H73NO12/c1-12-15-33-21-27(2)20-28(3)22-39(56-10)42-40(57-11)24-30(5)46(52,59-42)43(49)44(50)47-19-14-13-16-34(47)45(51)58-41(31(6)37(54-8)26-35(33)48)29(4)23-32-17-18-36(53-7)38(25-32)55-9/h12,21,23,28,30-34,36-42,52H,1,13-20,22,24-26H2,2-11H3. The van der Waals surface area contributed by atoms with Gasteiger partial charge in [-0.15, -0.1) is 6.58 Å². The van der Waals surface area contributed by atoms with Crippen LogP contribution in [-0.2, 0) is 52.3 Å². The van der Waals surface area contributed by atoms with Crippen LogP contribution in [0.5, 0.6) is 0 Å². The molecule has 4 aliphatic rings. The minimum Gasteiger partial charge on any atom is -0.456 e. The van der Waals surface area contributed by atoms with Gasteiger partial charge in [0.1, 0.15) is 24.0 Å². The predicted octanol–water partition coefficient (Wildman–Crippen LogP) is 5.95. The van der Waals surface area contributed by atoms with Crippen LogP contribution >= 0.6 is 0 Å². The molecule has 59 heavy (non-hydrogen) atoms. The van der Waals surface area contributed by atoms with E-state index in [4.69, 9.17) is 33.2 Å². The Kier molecular flexibility index (Phi) is 18.5. The number of ketones is 2. The van der Waals surface area contributed by atoms with E-state index >= 15 is 0 Å². The number of amides is 1. The summed E-state index contributed by atoms with van der Waals surface area (Å²) in [6.45, 7) is 13.6. The Bertz CT molecular complexity index is 1510. The van der Waals surface area contributed by atoms with E-state index in [1.165, 1.54) is 4.90 Å². The smallest absolute Gasteiger partial charge is 0.329 e. The van der Waals surface area contributed by atoms with Crippen molar-refractivity contribution in [1.29, 1.82) is 0 Å². The van der Waals surface area contributed by atoms with Gasteiger partial charge in [0.25, 0.3) is 11.7 Å². The first-order valence-electron chi connectivity index (χ1n) is 21.7. The Morgan fingerprint density at radius 3 is 2.14 bits per heavy atom. The van der Waals surface area contributed by atoms with Gasteiger partial charge < -0.3 is 43.2 Å². The summed E-state index contributed by atoms with van der Waals surface area (Å²) in [6, 6.07) is -1.09. The Labute approximate surface area is 352 Å². The molecule has 3 heterocycles. The summed E-state index contributed by atoms with van der Waals surface area (Å²) < 4.78 is 42.0. The van der Waals surface area contributed by atoms with Crippen molar-refractivity contribution < 1.29 is 57.4 Å². The lowest BCUT2D eigenvalue weighted by Gasteiger charge is -2.47. The molecule has 0 spiro atoms. The average Bonchev–Trinajstić information content (AvgIpc) is 3.22. The molecule has 0 aromatic heterocycles. The maximum atomic E-state index is 14.5. The number of methoxy groups -OCH3 is 5. The number of carbonyl (C=O) groups excluding carboxylic acids is 4. The SMILES string of the molecule is C=CCC1C=C(C)CC(C)CC(OC)C2OC(O)(C(=O)C(=O)N3CCCCC3C(=O)OC(C(C)=CC3CCC(OC)C(OC)C3)C(C)C(OC)CC1=O)C(C)CC2OC. The van der Waals surface area contributed by atoms with Crippen LogP contribution in [0.2, 0.25) is 0 Å². The van der Waals surface area contributed by atoms with E-state index in [1.54, 1.807) is 48.5 Å². The molecule has 0 aromatic rings. The van der Waals surface area contributed by atoms with Crippen molar-refractivity contribution in [3.05, 3.63) is 36.0 Å². The summed E-state index contributed by atoms with van der Waals surface area (Å²) in [6.07, 6.45) is 7.98. The molecule has 3 aliphatic heterocycles. The quantitative estimate of drug-likeness (QED) is 0.166. The van der Waals surface area contributed by atoms with E-state index in [1.807, 2.05) is 26.8 Å². The normalized spacial score (nSPS) is 39.1. The van der Waals surface area contributed by atoms with E-state index in [-0.39, 0.29) is 55.6 Å². The van der Waals surface area contributed by atoms with Crippen molar-refractivity contribution in [3.8, 4) is 0 Å². The maximum Gasteiger partial charge on any atom is 0.329 e. The average molecular weight is 832 g/mol. The number of allylic oxidation sites excluding steroid dienone is 4. The lowest BCUT2D eigenvalue weighted by atomic mass is 9.81. The third-order valence-electron chi connectivity index (χ3n) is 13.4. The molecule has 13 heteroatoms. The fraction of sp³-hybridized carbons (Fsp3) is 0.783. The van der Waals surface area contributed by atoms with Crippen LogP contribution in [0.1, 0.15) is 105 Å². The number of carbonyl (C=O) groups is 4. The second-order valence-corrected chi connectivity index (χ2v) is 17.7. The molecule has 1 aliphatic carbocycles. The van der Waals surface area contributed by atoms with Gasteiger partial charge in [-0.05, 0) is 95.5 Å². The highest BCUT2D eigenvalue weighted by molar-refractivity contribution is 6.39. The highest BCUT2D eigenvalue weighted by atomic mass is 16.7. The summed E-state index contributed by atoms with van der Waals surface area (Å²) >= 11 is 0. The number of hydrogen-bond acceptors (Lipinski definition) is 12. The summed E-state index contributed by atoms with van der Waals surface area (Å²) in [4.78, 5) is 58.5. The van der Waals surface area contributed by atoms with Crippen molar-refractivity contribution in [1.82, 2.24) is 4.90 Å². The summed E-state index contributed by atoms with van der Waals surface area (Å²) in [5.74, 6) is -6.89. The number of piperidine rings is 1. The largest absolute Gasteiger partial charge is 0.456 e. The predicted molar refractivity (Wildman–Crippen MR) is 222 cm³/mol. The van der Waals surface area contributed by atoms with Crippen LogP contribution in [0.25, 0.3) is 0 Å². The van der Waals surface area contributed by atoms with Crippen molar-refractivity contribution in [2.75, 3.05) is 42.1 Å². The minimum absolute atomic E-state index is 0.0155. The van der Waals surface area contributed by atoms with Gasteiger partial charge in [-0.2, -0.15) is 0 Å². The second-order valence-electron chi connectivity index (χ2n) is 17.7. The third-order valence-corrected chi connectivity index (χ3v) is 13.4. The van der Waals surface area contributed by atoms with E-state index in [9.17, 15) is 24.3 Å². The number of rotatable bonds is 9. The molecule has 4 rings (SSSR count). The first-order valence-corrected chi connectivity index (χ1v) is 21.7. The lowest BCUT2D eigenvalue weighted by Crippen LogP contribution is -2.64. The zero-order valence-corrected chi connectivity index (χ0v) is 37.3. The first-order chi connectivity index (χ1) is 28.1. The molecule has 14 unspecified atom stereocenters. The topological polar surface area (TPSA) is 156 Å². The van der Waals surface area contributed by atoms with Crippen LogP contribution in [0, 0.1) is 29.6 Å². The molecule has 3 fully saturated rings. The molecule has 0 aromatic carbocycles. The number of cyclic esters (lactones) is 1. The number of esters is 1. The molecular formula is C46H73NO12. The minimum atomic E-state index is -2.49. The van der Waals surface area contributed by atoms with Gasteiger partial charge in [0, 0.05) is 66.3 Å². The molecule has 1 amide bonds. The summed E-state index contributed by atoms with van der Waals surface area (Å²) in [5, 5.41) is 12.1. The Balaban J connectivity index is 1.80. The first kappa shape index (κ1) is 48.9. The number of hydrogen-bond donors (Lipinski definition) is 1. The second kappa shape index (κ2) is 22.4.